The highest BCUT2D eigenvalue weighted by atomic mass is 16.6. The molecule has 0 spiro atoms. The summed E-state index contributed by atoms with van der Waals surface area (Å²) in [4.78, 5) is 62.1. The summed E-state index contributed by atoms with van der Waals surface area (Å²) in [7, 11) is 0. The summed E-state index contributed by atoms with van der Waals surface area (Å²) in [5.74, 6) is -2.18. The highest BCUT2D eigenvalue weighted by Crippen LogP contribution is 2.32. The molecule has 1 atom stereocenters. The fourth-order valence-corrected chi connectivity index (χ4v) is 4.22. The van der Waals surface area contributed by atoms with Crippen molar-refractivity contribution in [3.8, 4) is 0 Å². The molecule has 232 valence electrons. The van der Waals surface area contributed by atoms with Gasteiger partial charge < -0.3 is 34.3 Å². The summed E-state index contributed by atoms with van der Waals surface area (Å²) in [6.07, 6.45) is -0.310. The summed E-state index contributed by atoms with van der Waals surface area (Å²) < 4.78 is 27.0. The van der Waals surface area contributed by atoms with E-state index < -0.39 is 41.4 Å². The molecule has 0 bridgehead atoms. The first-order valence-corrected chi connectivity index (χ1v) is 13.9. The van der Waals surface area contributed by atoms with E-state index in [2.05, 4.69) is 16.0 Å². The number of piperidine rings is 1. The van der Waals surface area contributed by atoms with E-state index in [9.17, 15) is 24.0 Å². The Hall–Kier alpha value is -3.59. The molecule has 3 rings (SSSR count). The predicted molar refractivity (Wildman–Crippen MR) is 149 cm³/mol. The molecule has 14 heteroatoms. The van der Waals surface area contributed by atoms with E-state index in [4.69, 9.17) is 23.7 Å². The molecule has 1 aromatic rings. The first-order chi connectivity index (χ1) is 20.1. The maximum absolute atomic E-state index is 13.1. The van der Waals surface area contributed by atoms with Crippen molar-refractivity contribution in [2.75, 3.05) is 71.3 Å². The van der Waals surface area contributed by atoms with Crippen molar-refractivity contribution in [3.05, 3.63) is 29.3 Å². The molecular weight excluding hydrogens is 552 g/mol. The molecular formula is C28H40N4O10. The number of amides is 5. The minimum absolute atomic E-state index is 0.0654. The van der Waals surface area contributed by atoms with Gasteiger partial charge in [-0.05, 0) is 39.3 Å². The molecule has 1 unspecified atom stereocenters. The molecule has 3 N–H and O–H groups in total. The summed E-state index contributed by atoms with van der Waals surface area (Å²) in [6.45, 7) is 9.16. The number of hydrogen-bond acceptors (Lipinski definition) is 11. The molecule has 5 amide bonds. The van der Waals surface area contributed by atoms with E-state index in [-0.39, 0.29) is 24.0 Å². The molecule has 0 saturated carbocycles. The van der Waals surface area contributed by atoms with Crippen LogP contribution in [0.25, 0.3) is 0 Å². The van der Waals surface area contributed by atoms with Crippen LogP contribution in [0.3, 0.4) is 0 Å². The SMILES string of the molecule is CC(C)(C)OC(=O)NCCOCCOCCOCCOCCNc1cccc2c1C(=O)N(C1CCC(=O)NC1=O)C2=O. The number of hydrogen-bond donors (Lipinski definition) is 3. The second-order valence-corrected chi connectivity index (χ2v) is 10.5. The number of rotatable bonds is 17. The molecule has 2 aliphatic rings. The zero-order valence-electron chi connectivity index (χ0n) is 24.3. The van der Waals surface area contributed by atoms with Crippen LogP contribution in [0.4, 0.5) is 10.5 Å². The van der Waals surface area contributed by atoms with Crippen LogP contribution < -0.4 is 16.0 Å². The van der Waals surface area contributed by atoms with E-state index in [1.165, 1.54) is 0 Å². The Morgan fingerprint density at radius 2 is 1.48 bits per heavy atom. The van der Waals surface area contributed by atoms with Crippen LogP contribution in [-0.4, -0.2) is 112 Å². The van der Waals surface area contributed by atoms with Crippen LogP contribution in [0.5, 0.6) is 0 Å². The van der Waals surface area contributed by atoms with Crippen LogP contribution in [0.15, 0.2) is 18.2 Å². The molecule has 0 aliphatic carbocycles. The number of imide groups is 2. The van der Waals surface area contributed by atoms with E-state index in [0.29, 0.717) is 71.6 Å². The summed E-state index contributed by atoms with van der Waals surface area (Å²) in [6, 6.07) is 3.88. The summed E-state index contributed by atoms with van der Waals surface area (Å²) in [5, 5.41) is 7.91. The Morgan fingerprint density at radius 1 is 0.881 bits per heavy atom. The number of alkyl carbamates (subject to hydrolysis) is 1. The van der Waals surface area contributed by atoms with Crippen molar-refractivity contribution in [2.45, 2.75) is 45.3 Å². The number of nitrogens with one attached hydrogen (secondary N) is 3. The summed E-state index contributed by atoms with van der Waals surface area (Å²) >= 11 is 0. The number of fused-ring (bicyclic) bond motifs is 1. The normalized spacial score (nSPS) is 16.8. The third kappa shape index (κ3) is 10.0. The average molecular weight is 593 g/mol. The lowest BCUT2D eigenvalue weighted by atomic mass is 10.0. The molecule has 2 aliphatic heterocycles. The Balaban J connectivity index is 1.21. The monoisotopic (exact) mass is 592 g/mol. The molecule has 1 fully saturated rings. The third-order valence-corrected chi connectivity index (χ3v) is 6.06. The summed E-state index contributed by atoms with van der Waals surface area (Å²) in [5.41, 5.74) is 0.360. The van der Waals surface area contributed by atoms with Gasteiger partial charge in [-0.3, -0.25) is 29.4 Å². The Morgan fingerprint density at radius 3 is 2.07 bits per heavy atom. The fraction of sp³-hybridized carbons (Fsp3) is 0.607. The van der Waals surface area contributed by atoms with Gasteiger partial charge in [-0.25, -0.2) is 4.79 Å². The van der Waals surface area contributed by atoms with Crippen molar-refractivity contribution < 1.29 is 47.7 Å². The number of nitrogens with zero attached hydrogens (tertiary/aromatic N) is 1. The van der Waals surface area contributed by atoms with E-state index in [1.807, 2.05) is 0 Å². The molecule has 0 aromatic heterocycles. The minimum Gasteiger partial charge on any atom is -0.444 e. The highest BCUT2D eigenvalue weighted by Gasteiger charge is 2.45. The van der Waals surface area contributed by atoms with Gasteiger partial charge in [-0.15, -0.1) is 0 Å². The van der Waals surface area contributed by atoms with Gasteiger partial charge in [0.15, 0.2) is 0 Å². The zero-order valence-corrected chi connectivity index (χ0v) is 24.3. The second kappa shape index (κ2) is 16.2. The number of benzene rings is 1. The van der Waals surface area contributed by atoms with Crippen molar-refractivity contribution in [1.82, 2.24) is 15.5 Å². The first kappa shape index (κ1) is 32.9. The van der Waals surface area contributed by atoms with Crippen LogP contribution in [0.1, 0.15) is 54.3 Å². The fourth-order valence-electron chi connectivity index (χ4n) is 4.22. The van der Waals surface area contributed by atoms with Gasteiger partial charge in [0.1, 0.15) is 11.6 Å². The molecule has 14 nitrogen and oxygen atoms in total. The lowest BCUT2D eigenvalue weighted by molar-refractivity contribution is -0.136. The third-order valence-electron chi connectivity index (χ3n) is 6.06. The Bertz CT molecular complexity index is 1120. The first-order valence-electron chi connectivity index (χ1n) is 13.9. The second-order valence-electron chi connectivity index (χ2n) is 10.5. The van der Waals surface area contributed by atoms with Crippen molar-refractivity contribution >= 4 is 35.4 Å². The van der Waals surface area contributed by atoms with Crippen LogP contribution in [0.2, 0.25) is 0 Å². The zero-order chi connectivity index (χ0) is 30.5. The van der Waals surface area contributed by atoms with E-state index in [0.717, 1.165) is 4.90 Å². The molecule has 0 radical (unpaired) electrons. The number of carbonyl (C=O) groups excluding carboxylic acids is 5. The van der Waals surface area contributed by atoms with Crippen LogP contribution in [-0.2, 0) is 33.3 Å². The molecule has 2 heterocycles. The van der Waals surface area contributed by atoms with Gasteiger partial charge >= 0.3 is 6.09 Å². The van der Waals surface area contributed by atoms with Gasteiger partial charge in [0, 0.05) is 25.2 Å². The Labute approximate surface area is 244 Å². The minimum atomic E-state index is -1.01. The topological polar surface area (TPSA) is 171 Å². The molecule has 1 aromatic carbocycles. The van der Waals surface area contributed by atoms with Gasteiger partial charge in [0.2, 0.25) is 11.8 Å². The van der Waals surface area contributed by atoms with Crippen molar-refractivity contribution in [1.29, 1.82) is 0 Å². The van der Waals surface area contributed by atoms with Gasteiger partial charge in [-0.2, -0.15) is 0 Å². The number of anilines is 1. The van der Waals surface area contributed by atoms with E-state index in [1.54, 1.807) is 39.0 Å². The maximum Gasteiger partial charge on any atom is 0.407 e. The van der Waals surface area contributed by atoms with Crippen LogP contribution >= 0.6 is 0 Å². The predicted octanol–water partition coefficient (Wildman–Crippen LogP) is 1.09. The Kier molecular flexibility index (Phi) is 12.7. The lowest BCUT2D eigenvalue weighted by Gasteiger charge is -2.27. The van der Waals surface area contributed by atoms with Gasteiger partial charge in [-0.1, -0.05) is 6.07 Å². The average Bonchev–Trinajstić information content (AvgIpc) is 3.17. The van der Waals surface area contributed by atoms with E-state index >= 15 is 0 Å². The molecule has 42 heavy (non-hydrogen) atoms. The van der Waals surface area contributed by atoms with Crippen molar-refractivity contribution in [3.63, 3.8) is 0 Å². The molecule has 1 saturated heterocycles. The maximum atomic E-state index is 13.1. The quantitative estimate of drug-likeness (QED) is 0.175. The number of carbonyl (C=O) groups is 5. The van der Waals surface area contributed by atoms with Gasteiger partial charge in [0.25, 0.3) is 11.8 Å². The number of ether oxygens (including phenoxy) is 5. The van der Waals surface area contributed by atoms with Crippen molar-refractivity contribution in [2.24, 2.45) is 0 Å². The highest BCUT2D eigenvalue weighted by molar-refractivity contribution is 6.25. The van der Waals surface area contributed by atoms with Crippen LogP contribution in [0, 0.1) is 0 Å². The van der Waals surface area contributed by atoms with Gasteiger partial charge in [0.05, 0.1) is 64.0 Å². The standard InChI is InChI=1S/C28H40N4O10/c1-28(2,3)42-27(37)30-10-12-39-14-16-41-18-17-40-15-13-38-11-9-29-20-6-4-5-19-23(20)26(36)32(25(19)35)21-7-8-22(33)31-24(21)34/h4-6,21,29H,7-18H2,1-3H3,(H,30,37)(H,31,33,34). The largest absolute Gasteiger partial charge is 0.444 e. The lowest BCUT2D eigenvalue weighted by Crippen LogP contribution is -2.54. The smallest absolute Gasteiger partial charge is 0.407 e.